The number of nitrogens with two attached hydrogens (primary N) is 1. The lowest BCUT2D eigenvalue weighted by atomic mass is 10.2. The Morgan fingerprint density at radius 2 is 2.00 bits per heavy atom. The summed E-state index contributed by atoms with van der Waals surface area (Å²) in [4.78, 5) is 34.9. The van der Waals surface area contributed by atoms with Crippen LogP contribution in [0.1, 0.15) is 26.4 Å². The third-order valence-corrected chi connectivity index (χ3v) is 6.75. The minimum atomic E-state index is -0.377. The van der Waals surface area contributed by atoms with Gasteiger partial charge in [-0.25, -0.2) is 9.97 Å². The fourth-order valence-corrected chi connectivity index (χ4v) is 5.13. The molecule has 0 fully saturated rings. The quantitative estimate of drug-likeness (QED) is 0.276. The predicted molar refractivity (Wildman–Crippen MR) is 133 cm³/mol. The van der Waals surface area contributed by atoms with Gasteiger partial charge in [0.1, 0.15) is 11.4 Å². The van der Waals surface area contributed by atoms with Crippen LogP contribution < -0.4 is 16.4 Å². The Morgan fingerprint density at radius 1 is 1.12 bits per heavy atom. The number of benzene rings is 1. The zero-order chi connectivity index (χ0) is 23.7. The van der Waals surface area contributed by atoms with Gasteiger partial charge in [-0.05, 0) is 41.3 Å². The number of fused-ring (bicyclic) bond motifs is 2. The summed E-state index contributed by atoms with van der Waals surface area (Å²) < 4.78 is 2.57. The maximum absolute atomic E-state index is 13.1. The van der Waals surface area contributed by atoms with Crippen molar-refractivity contribution in [3.8, 4) is 11.3 Å². The van der Waals surface area contributed by atoms with Gasteiger partial charge in [0.05, 0.1) is 22.4 Å². The largest absolute Gasteiger partial charge is 0.395 e. The molecule has 0 atom stereocenters. The van der Waals surface area contributed by atoms with Crippen LogP contribution in [0.3, 0.4) is 0 Å². The molecule has 1 aromatic carbocycles. The van der Waals surface area contributed by atoms with Crippen molar-refractivity contribution in [1.82, 2.24) is 25.0 Å². The standard InChI is InChI=1S/C23H20N6O3S2/c24-23-27-16-4-3-13(10-17(16)34-23)11-26-21(31)15-2-1-7-29-19(22(32)25-6-8-30)18(28-20(15)29)14-5-9-33-12-14/h1-5,7,9-10,12,30H,6,8,11H2,(H2,24,27)(H,25,32)(H,26,31). The van der Waals surface area contributed by atoms with Gasteiger partial charge in [0.25, 0.3) is 11.8 Å². The van der Waals surface area contributed by atoms with Crippen LogP contribution in [0.4, 0.5) is 5.13 Å². The van der Waals surface area contributed by atoms with Gasteiger partial charge < -0.3 is 21.5 Å². The van der Waals surface area contributed by atoms with E-state index in [1.165, 1.54) is 22.7 Å². The van der Waals surface area contributed by atoms with E-state index in [4.69, 9.17) is 10.8 Å². The minimum absolute atomic E-state index is 0.116. The van der Waals surface area contributed by atoms with E-state index in [1.807, 2.05) is 35.0 Å². The van der Waals surface area contributed by atoms with E-state index in [0.29, 0.717) is 34.3 Å². The molecule has 0 saturated heterocycles. The Labute approximate surface area is 201 Å². The molecular weight excluding hydrogens is 472 g/mol. The molecule has 0 aliphatic rings. The molecule has 5 aromatic rings. The molecule has 0 bridgehead atoms. The number of hydrogen-bond acceptors (Lipinski definition) is 8. The third kappa shape index (κ3) is 4.12. The van der Waals surface area contributed by atoms with E-state index < -0.39 is 0 Å². The van der Waals surface area contributed by atoms with Crippen molar-refractivity contribution in [2.45, 2.75) is 6.54 Å². The zero-order valence-corrected chi connectivity index (χ0v) is 19.4. The molecule has 0 aliphatic heterocycles. The number of nitrogens with one attached hydrogen (secondary N) is 2. The first-order valence-corrected chi connectivity index (χ1v) is 12.2. The summed E-state index contributed by atoms with van der Waals surface area (Å²) in [5.74, 6) is -0.684. The monoisotopic (exact) mass is 492 g/mol. The van der Waals surface area contributed by atoms with Gasteiger partial charge in [0, 0.05) is 30.2 Å². The van der Waals surface area contributed by atoms with E-state index in [2.05, 4.69) is 20.6 Å². The number of imidazole rings is 1. The van der Waals surface area contributed by atoms with E-state index >= 15 is 0 Å². The highest BCUT2D eigenvalue weighted by Gasteiger charge is 2.23. The Bertz CT molecular complexity index is 1510. The number of anilines is 1. The number of carbonyl (C=O) groups is 2. The second-order valence-electron chi connectivity index (χ2n) is 7.45. The molecule has 5 rings (SSSR count). The number of pyridine rings is 1. The molecule has 5 N–H and O–H groups in total. The smallest absolute Gasteiger partial charge is 0.270 e. The van der Waals surface area contributed by atoms with E-state index in [1.54, 1.807) is 22.7 Å². The Hall–Kier alpha value is -3.80. The van der Waals surface area contributed by atoms with Crippen molar-refractivity contribution in [2.24, 2.45) is 0 Å². The van der Waals surface area contributed by atoms with Crippen molar-refractivity contribution in [3.63, 3.8) is 0 Å². The number of rotatable bonds is 7. The summed E-state index contributed by atoms with van der Waals surface area (Å²) >= 11 is 2.89. The SMILES string of the molecule is Nc1nc2ccc(CNC(=O)c3cccn4c(C(=O)NCCO)c(-c5ccsc5)nc34)cc2s1. The van der Waals surface area contributed by atoms with E-state index in [9.17, 15) is 9.59 Å². The average Bonchev–Trinajstić information content (AvgIpc) is 3.57. The lowest BCUT2D eigenvalue weighted by Gasteiger charge is -2.08. The number of nitrogen functional groups attached to an aromatic ring is 1. The first-order valence-electron chi connectivity index (χ1n) is 10.4. The van der Waals surface area contributed by atoms with Crippen molar-refractivity contribution in [3.05, 3.63) is 70.2 Å². The molecule has 0 unspecified atom stereocenters. The zero-order valence-electron chi connectivity index (χ0n) is 17.8. The lowest BCUT2D eigenvalue weighted by molar-refractivity contribution is 0.0934. The number of aromatic nitrogens is 3. The number of nitrogens with zero attached hydrogens (tertiary/aromatic N) is 3. The van der Waals surface area contributed by atoms with Gasteiger partial charge in [-0.1, -0.05) is 17.4 Å². The Balaban J connectivity index is 1.47. The molecule has 34 heavy (non-hydrogen) atoms. The second-order valence-corrected chi connectivity index (χ2v) is 9.30. The van der Waals surface area contributed by atoms with Crippen LogP contribution in [-0.2, 0) is 6.54 Å². The summed E-state index contributed by atoms with van der Waals surface area (Å²) in [6.07, 6.45) is 1.70. The number of thiophene rings is 1. The van der Waals surface area contributed by atoms with E-state index in [0.717, 1.165) is 21.3 Å². The van der Waals surface area contributed by atoms with Crippen molar-refractivity contribution < 1.29 is 14.7 Å². The van der Waals surface area contributed by atoms with Gasteiger partial charge in [0.2, 0.25) is 0 Å². The Morgan fingerprint density at radius 3 is 2.79 bits per heavy atom. The summed E-state index contributed by atoms with van der Waals surface area (Å²) in [6.45, 7) is 0.254. The molecule has 9 nitrogen and oxygen atoms in total. The number of aliphatic hydroxyl groups excluding tert-OH is 1. The van der Waals surface area contributed by atoms with Gasteiger partial charge in [-0.3, -0.25) is 14.0 Å². The first-order chi connectivity index (χ1) is 16.5. The van der Waals surface area contributed by atoms with Crippen LogP contribution in [0.5, 0.6) is 0 Å². The van der Waals surface area contributed by atoms with Crippen LogP contribution in [-0.4, -0.2) is 44.4 Å². The first kappa shape index (κ1) is 22.0. The number of aliphatic hydroxyl groups is 1. The average molecular weight is 493 g/mol. The van der Waals surface area contributed by atoms with Crippen LogP contribution in [0, 0.1) is 0 Å². The molecule has 0 spiro atoms. The molecule has 0 aliphatic carbocycles. The topological polar surface area (TPSA) is 135 Å². The minimum Gasteiger partial charge on any atom is -0.395 e. The molecule has 11 heteroatoms. The van der Waals surface area contributed by atoms with Gasteiger partial charge in [-0.15, -0.1) is 0 Å². The number of carbonyl (C=O) groups excluding carboxylic acids is 2. The van der Waals surface area contributed by atoms with Crippen LogP contribution in [0.25, 0.3) is 27.1 Å². The molecule has 4 heterocycles. The lowest BCUT2D eigenvalue weighted by Crippen LogP contribution is -2.28. The number of hydrogen-bond donors (Lipinski definition) is 4. The Kier molecular flexibility index (Phi) is 5.97. The third-order valence-electron chi connectivity index (χ3n) is 5.22. The molecule has 4 aromatic heterocycles. The van der Waals surface area contributed by atoms with E-state index in [-0.39, 0.29) is 25.0 Å². The number of amides is 2. The summed E-state index contributed by atoms with van der Waals surface area (Å²) in [7, 11) is 0. The fourth-order valence-electron chi connectivity index (χ4n) is 3.69. The normalized spacial score (nSPS) is 11.2. The maximum atomic E-state index is 13.1. The van der Waals surface area contributed by atoms with Gasteiger partial charge in [-0.2, -0.15) is 11.3 Å². The van der Waals surface area contributed by atoms with Crippen molar-refractivity contribution in [2.75, 3.05) is 18.9 Å². The van der Waals surface area contributed by atoms with Gasteiger partial charge >= 0.3 is 0 Å². The molecule has 0 saturated carbocycles. The van der Waals surface area contributed by atoms with Crippen LogP contribution in [0.2, 0.25) is 0 Å². The second kappa shape index (κ2) is 9.21. The summed E-state index contributed by atoms with van der Waals surface area (Å²) in [5, 5.41) is 19.0. The van der Waals surface area contributed by atoms with Crippen LogP contribution >= 0.6 is 22.7 Å². The van der Waals surface area contributed by atoms with Crippen molar-refractivity contribution in [1.29, 1.82) is 0 Å². The highest BCUT2D eigenvalue weighted by atomic mass is 32.1. The summed E-state index contributed by atoms with van der Waals surface area (Å²) in [5.41, 5.74) is 9.82. The fraction of sp³-hybridized carbons (Fsp3) is 0.130. The number of thiazole rings is 1. The highest BCUT2D eigenvalue weighted by molar-refractivity contribution is 7.22. The van der Waals surface area contributed by atoms with Crippen LogP contribution in [0.15, 0.2) is 53.4 Å². The van der Waals surface area contributed by atoms with Crippen molar-refractivity contribution >= 4 is 55.5 Å². The molecule has 0 radical (unpaired) electrons. The molecular formula is C23H20N6O3S2. The molecule has 2 amide bonds. The highest BCUT2D eigenvalue weighted by Crippen LogP contribution is 2.28. The predicted octanol–water partition coefficient (Wildman–Crippen LogP) is 2.91. The maximum Gasteiger partial charge on any atom is 0.270 e. The van der Waals surface area contributed by atoms with Gasteiger partial charge in [0.15, 0.2) is 10.8 Å². The molecule has 172 valence electrons. The summed E-state index contributed by atoms with van der Waals surface area (Å²) in [6, 6.07) is 11.0.